The van der Waals surface area contributed by atoms with E-state index in [1.54, 1.807) is 30.3 Å². The molecule has 0 bridgehead atoms. The van der Waals surface area contributed by atoms with Gasteiger partial charge in [0.15, 0.2) is 0 Å². The Morgan fingerprint density at radius 3 is 1.97 bits per heavy atom. The van der Waals surface area contributed by atoms with Crippen LogP contribution >= 0.6 is 0 Å². The molecule has 1 saturated carbocycles. The van der Waals surface area contributed by atoms with E-state index >= 15 is 4.39 Å². The maximum Gasteiger partial charge on any atom is 0.370 e. The van der Waals surface area contributed by atoms with E-state index in [1.165, 1.54) is 24.3 Å². The molecule has 0 spiro atoms. The number of rotatable bonds is 5. The summed E-state index contributed by atoms with van der Waals surface area (Å²) in [6.45, 7) is 0. The second kappa shape index (κ2) is 7.85. The number of fused-ring (bicyclic) bond motifs is 1. The summed E-state index contributed by atoms with van der Waals surface area (Å²) in [7, 11) is 2.19. The second-order valence-electron chi connectivity index (χ2n) is 8.07. The fourth-order valence-corrected chi connectivity index (χ4v) is 4.77. The molecule has 3 amide bonds. The summed E-state index contributed by atoms with van der Waals surface area (Å²) in [4.78, 5) is 54.5. The minimum absolute atomic E-state index is 0.0850. The number of esters is 1. The van der Waals surface area contributed by atoms with Crippen LogP contribution in [0.1, 0.15) is 52.0 Å². The monoisotopic (exact) mass is 438 g/mol. The molecule has 8 heteroatoms. The van der Waals surface area contributed by atoms with Gasteiger partial charge < -0.3 is 4.74 Å². The van der Waals surface area contributed by atoms with Crippen LogP contribution in [0, 0.1) is 0 Å². The van der Waals surface area contributed by atoms with E-state index in [-0.39, 0.29) is 29.5 Å². The largest absolute Gasteiger partial charge is 0.465 e. The van der Waals surface area contributed by atoms with Crippen LogP contribution in [-0.4, -0.2) is 53.2 Å². The molecule has 32 heavy (non-hydrogen) atoms. The maximum absolute atomic E-state index is 16.4. The third kappa shape index (κ3) is 2.93. The number of nitrogens with zero attached hydrogens (tertiary/aromatic N) is 2. The Balaban J connectivity index is 1.79. The van der Waals surface area contributed by atoms with Crippen LogP contribution < -0.4 is 0 Å². The van der Waals surface area contributed by atoms with Crippen LogP contribution in [-0.2, 0) is 20.1 Å². The number of imide groups is 1. The number of ether oxygens (including phenoxy) is 1. The van der Waals surface area contributed by atoms with Gasteiger partial charge in [0, 0.05) is 12.6 Å². The van der Waals surface area contributed by atoms with Gasteiger partial charge in [-0.1, -0.05) is 55.3 Å². The SMILES string of the molecule is COC(=O)[C@](F)(c1ccccc1)N(C)C(=O)C1(N2C(=O)c3ccccc3C2=O)CCCC1. The van der Waals surface area contributed by atoms with Crippen LogP contribution in [0.3, 0.4) is 0 Å². The third-order valence-corrected chi connectivity index (χ3v) is 6.43. The van der Waals surface area contributed by atoms with E-state index in [2.05, 4.69) is 0 Å². The van der Waals surface area contributed by atoms with Gasteiger partial charge >= 0.3 is 11.8 Å². The highest BCUT2D eigenvalue weighted by Crippen LogP contribution is 2.44. The van der Waals surface area contributed by atoms with Gasteiger partial charge in [-0.2, -0.15) is 0 Å². The molecule has 2 aliphatic rings. The van der Waals surface area contributed by atoms with Crippen LogP contribution in [0.5, 0.6) is 0 Å². The molecule has 0 aromatic heterocycles. The number of alkyl halides is 1. The first kappa shape index (κ1) is 21.7. The molecule has 1 atom stereocenters. The van der Waals surface area contributed by atoms with E-state index < -0.39 is 35.0 Å². The van der Waals surface area contributed by atoms with Gasteiger partial charge in [-0.15, -0.1) is 0 Å². The molecule has 2 aromatic rings. The molecule has 0 unspecified atom stereocenters. The number of carbonyl (C=O) groups excluding carboxylic acids is 4. The van der Waals surface area contributed by atoms with Gasteiger partial charge in [-0.25, -0.2) is 9.18 Å². The zero-order valence-corrected chi connectivity index (χ0v) is 17.8. The van der Waals surface area contributed by atoms with Crippen molar-refractivity contribution in [2.75, 3.05) is 14.2 Å². The minimum Gasteiger partial charge on any atom is -0.465 e. The van der Waals surface area contributed by atoms with Crippen molar-refractivity contribution in [2.45, 2.75) is 37.0 Å². The number of benzene rings is 2. The van der Waals surface area contributed by atoms with Crippen molar-refractivity contribution in [1.82, 2.24) is 9.80 Å². The average molecular weight is 438 g/mol. The Morgan fingerprint density at radius 2 is 1.47 bits per heavy atom. The summed E-state index contributed by atoms with van der Waals surface area (Å²) >= 11 is 0. The highest BCUT2D eigenvalue weighted by Gasteiger charge is 2.59. The molecule has 1 fully saturated rings. The van der Waals surface area contributed by atoms with Gasteiger partial charge in [0.05, 0.1) is 18.2 Å². The van der Waals surface area contributed by atoms with Gasteiger partial charge in [-0.05, 0) is 25.0 Å². The smallest absolute Gasteiger partial charge is 0.370 e. The number of likely N-dealkylation sites (N-methyl/N-ethyl adjacent to an activating group) is 1. The number of methoxy groups -OCH3 is 1. The topological polar surface area (TPSA) is 84.0 Å². The standard InChI is InChI=1S/C24H23FN2O5/c1-26(24(25,22(31)32-2)16-10-4-3-5-11-16)21(30)23(14-8-9-15-23)27-19(28)17-12-6-7-13-18(17)20(27)29/h3-7,10-13H,8-9,14-15H2,1-2H3/t24-/m0/s1. The first-order valence-electron chi connectivity index (χ1n) is 10.4. The number of amides is 3. The number of halogens is 1. The third-order valence-electron chi connectivity index (χ3n) is 6.43. The Hall–Kier alpha value is -3.55. The molecule has 1 heterocycles. The van der Waals surface area contributed by atoms with Gasteiger partial charge in [0.2, 0.25) is 0 Å². The lowest BCUT2D eigenvalue weighted by atomic mass is 9.91. The zero-order valence-electron chi connectivity index (χ0n) is 17.8. The molecular formula is C24H23FN2O5. The van der Waals surface area contributed by atoms with Crippen molar-refractivity contribution in [1.29, 1.82) is 0 Å². The summed E-state index contributed by atoms with van der Waals surface area (Å²) in [6.07, 6.45) is 1.53. The number of hydrogen-bond donors (Lipinski definition) is 0. The van der Waals surface area contributed by atoms with Gasteiger partial charge in [-0.3, -0.25) is 24.2 Å². The molecule has 1 aliphatic heterocycles. The summed E-state index contributed by atoms with van der Waals surface area (Å²) in [5.74, 6) is -6.19. The number of hydrogen-bond acceptors (Lipinski definition) is 5. The van der Waals surface area contributed by atoms with Crippen molar-refractivity contribution in [3.63, 3.8) is 0 Å². The van der Waals surface area contributed by atoms with Crippen LogP contribution in [0.25, 0.3) is 0 Å². The lowest BCUT2D eigenvalue weighted by Gasteiger charge is -2.42. The van der Waals surface area contributed by atoms with Crippen molar-refractivity contribution in [3.8, 4) is 0 Å². The van der Waals surface area contributed by atoms with Crippen LogP contribution in [0.4, 0.5) is 4.39 Å². The van der Waals surface area contributed by atoms with Crippen molar-refractivity contribution in [3.05, 3.63) is 71.3 Å². The predicted molar refractivity (Wildman–Crippen MR) is 112 cm³/mol. The molecule has 1 aliphatic carbocycles. The maximum atomic E-state index is 16.4. The molecule has 0 N–H and O–H groups in total. The fourth-order valence-electron chi connectivity index (χ4n) is 4.77. The lowest BCUT2D eigenvalue weighted by molar-refractivity contribution is -0.180. The average Bonchev–Trinajstić information content (AvgIpc) is 3.41. The van der Waals surface area contributed by atoms with Crippen LogP contribution in [0.2, 0.25) is 0 Å². The summed E-state index contributed by atoms with van der Waals surface area (Å²) in [5.41, 5.74) is -1.25. The van der Waals surface area contributed by atoms with Crippen molar-refractivity contribution >= 4 is 23.7 Å². The quantitative estimate of drug-likeness (QED) is 0.407. The van der Waals surface area contributed by atoms with Gasteiger partial charge in [0.25, 0.3) is 17.7 Å². The van der Waals surface area contributed by atoms with Crippen molar-refractivity contribution in [2.24, 2.45) is 0 Å². The highest BCUT2D eigenvalue weighted by atomic mass is 19.1. The van der Waals surface area contributed by atoms with E-state index in [9.17, 15) is 19.2 Å². The summed E-state index contributed by atoms with van der Waals surface area (Å²) < 4.78 is 21.1. The predicted octanol–water partition coefficient (Wildman–Crippen LogP) is 3.05. The second-order valence-corrected chi connectivity index (χ2v) is 8.07. The summed E-state index contributed by atoms with van der Waals surface area (Å²) in [5, 5.41) is 0. The Labute approximate surface area is 184 Å². The Morgan fingerprint density at radius 1 is 0.969 bits per heavy atom. The molecule has 4 rings (SSSR count). The first-order valence-corrected chi connectivity index (χ1v) is 10.4. The normalized spacial score (nSPS) is 18.8. The first-order chi connectivity index (χ1) is 15.3. The van der Waals surface area contributed by atoms with Crippen molar-refractivity contribution < 1.29 is 28.3 Å². The van der Waals surface area contributed by atoms with E-state index in [1.807, 2.05) is 0 Å². The molecular weight excluding hydrogens is 415 g/mol. The Bertz CT molecular complexity index is 1060. The highest BCUT2D eigenvalue weighted by molar-refractivity contribution is 6.23. The van der Waals surface area contributed by atoms with E-state index in [4.69, 9.17) is 4.74 Å². The number of carbonyl (C=O) groups is 4. The lowest BCUT2D eigenvalue weighted by Crippen LogP contribution is -2.63. The van der Waals surface area contributed by atoms with E-state index in [0.29, 0.717) is 17.7 Å². The van der Waals surface area contributed by atoms with E-state index in [0.717, 1.165) is 19.1 Å². The molecule has 0 saturated heterocycles. The Kier molecular flexibility index (Phi) is 5.32. The minimum atomic E-state index is -2.93. The molecule has 0 radical (unpaired) electrons. The summed E-state index contributed by atoms with van der Waals surface area (Å²) in [6, 6.07) is 13.8. The molecule has 166 valence electrons. The van der Waals surface area contributed by atoms with Gasteiger partial charge in [0.1, 0.15) is 5.54 Å². The zero-order chi connectivity index (χ0) is 23.1. The van der Waals surface area contributed by atoms with Crippen LogP contribution in [0.15, 0.2) is 54.6 Å². The molecule has 2 aromatic carbocycles. The fraction of sp³-hybridized carbons (Fsp3) is 0.333. The molecule has 7 nitrogen and oxygen atoms in total.